The first-order valence-electron chi connectivity index (χ1n) is 6.28. The van der Waals surface area contributed by atoms with Crippen molar-refractivity contribution in [2.24, 2.45) is 5.92 Å². The van der Waals surface area contributed by atoms with Crippen LogP contribution < -0.4 is 4.90 Å². The van der Waals surface area contributed by atoms with Crippen molar-refractivity contribution in [2.45, 2.75) is 39.5 Å². The van der Waals surface area contributed by atoms with Crippen molar-refractivity contribution in [3.63, 3.8) is 0 Å². The number of hydrogen-bond donors (Lipinski definition) is 0. The van der Waals surface area contributed by atoms with E-state index in [0.29, 0.717) is 5.92 Å². The van der Waals surface area contributed by atoms with Gasteiger partial charge in [0.25, 0.3) is 0 Å². The maximum atomic E-state index is 4.64. The number of nitrogens with zero attached hydrogens (tertiary/aromatic N) is 3. The van der Waals surface area contributed by atoms with Gasteiger partial charge in [-0.3, -0.25) is 0 Å². The molecule has 1 heterocycles. The molecule has 1 aliphatic carbocycles. The van der Waals surface area contributed by atoms with E-state index in [-0.39, 0.29) is 0 Å². The van der Waals surface area contributed by atoms with Crippen molar-refractivity contribution in [3.8, 4) is 0 Å². The van der Waals surface area contributed by atoms with Crippen LogP contribution in [0.5, 0.6) is 0 Å². The summed E-state index contributed by atoms with van der Waals surface area (Å²) in [4.78, 5) is 11.3. The van der Waals surface area contributed by atoms with E-state index in [0.717, 1.165) is 30.6 Å². The van der Waals surface area contributed by atoms with Gasteiger partial charge in [-0.25, -0.2) is 9.97 Å². The number of aromatic nitrogens is 2. The summed E-state index contributed by atoms with van der Waals surface area (Å²) in [5.74, 6) is 3.34. The third-order valence-electron chi connectivity index (χ3n) is 3.06. The average Bonchev–Trinajstić information content (AvgIpc) is 3.10. The summed E-state index contributed by atoms with van der Waals surface area (Å²) in [6.45, 7) is 8.65. The Labute approximate surface area is 97.9 Å². The highest BCUT2D eigenvalue weighted by molar-refractivity contribution is 5.37. The Morgan fingerprint density at radius 1 is 1.44 bits per heavy atom. The average molecular weight is 219 g/mol. The molecule has 0 radical (unpaired) electrons. The standard InChI is InChI=1S/C13H21N3/c1-4-16(9-11-5-6-11)12-7-8-14-13(15-12)10(2)3/h7-8,10-11H,4-6,9H2,1-3H3. The molecule has 88 valence electrons. The lowest BCUT2D eigenvalue weighted by Gasteiger charge is -2.22. The van der Waals surface area contributed by atoms with Gasteiger partial charge in [0.2, 0.25) is 0 Å². The van der Waals surface area contributed by atoms with Gasteiger partial charge in [-0.1, -0.05) is 13.8 Å². The molecule has 0 aliphatic heterocycles. The fraction of sp³-hybridized carbons (Fsp3) is 0.692. The predicted octanol–water partition coefficient (Wildman–Crippen LogP) is 2.84. The predicted molar refractivity (Wildman–Crippen MR) is 66.7 cm³/mol. The van der Waals surface area contributed by atoms with Gasteiger partial charge in [-0.05, 0) is 31.7 Å². The molecular formula is C13H21N3. The molecule has 3 heteroatoms. The topological polar surface area (TPSA) is 29.0 Å². The number of rotatable bonds is 5. The van der Waals surface area contributed by atoms with Crippen molar-refractivity contribution < 1.29 is 0 Å². The van der Waals surface area contributed by atoms with Gasteiger partial charge in [-0.2, -0.15) is 0 Å². The van der Waals surface area contributed by atoms with Crippen LogP contribution in [0, 0.1) is 5.92 Å². The summed E-state index contributed by atoms with van der Waals surface area (Å²) in [7, 11) is 0. The van der Waals surface area contributed by atoms with Crippen LogP contribution in [0.3, 0.4) is 0 Å². The second kappa shape index (κ2) is 4.81. The Morgan fingerprint density at radius 2 is 2.19 bits per heavy atom. The molecule has 1 aliphatic rings. The third kappa shape index (κ3) is 2.71. The van der Waals surface area contributed by atoms with Crippen LogP contribution in [0.25, 0.3) is 0 Å². The Morgan fingerprint density at radius 3 is 2.75 bits per heavy atom. The van der Waals surface area contributed by atoms with Gasteiger partial charge in [-0.15, -0.1) is 0 Å². The first kappa shape index (κ1) is 11.4. The van der Waals surface area contributed by atoms with Crippen LogP contribution in [0.2, 0.25) is 0 Å². The highest BCUT2D eigenvalue weighted by Gasteiger charge is 2.24. The molecule has 0 bridgehead atoms. The minimum atomic E-state index is 0.402. The molecule has 1 fully saturated rings. The molecule has 0 atom stereocenters. The van der Waals surface area contributed by atoms with Crippen LogP contribution in [-0.2, 0) is 0 Å². The van der Waals surface area contributed by atoms with E-state index < -0.39 is 0 Å². The minimum Gasteiger partial charge on any atom is -0.357 e. The summed E-state index contributed by atoms with van der Waals surface area (Å²) >= 11 is 0. The van der Waals surface area contributed by atoms with E-state index in [1.165, 1.54) is 12.8 Å². The fourth-order valence-corrected chi connectivity index (χ4v) is 1.81. The molecule has 0 saturated heterocycles. The maximum Gasteiger partial charge on any atom is 0.133 e. The van der Waals surface area contributed by atoms with Crippen LogP contribution in [0.1, 0.15) is 45.4 Å². The Bertz CT molecular complexity index is 345. The van der Waals surface area contributed by atoms with Crippen LogP contribution in [0.15, 0.2) is 12.3 Å². The van der Waals surface area contributed by atoms with E-state index in [9.17, 15) is 0 Å². The van der Waals surface area contributed by atoms with Crippen molar-refractivity contribution >= 4 is 5.82 Å². The first-order chi connectivity index (χ1) is 7.70. The molecule has 1 aromatic heterocycles. The van der Waals surface area contributed by atoms with Gasteiger partial charge >= 0.3 is 0 Å². The summed E-state index contributed by atoms with van der Waals surface area (Å²) in [5, 5.41) is 0. The van der Waals surface area contributed by atoms with Gasteiger partial charge in [0.05, 0.1) is 0 Å². The SMILES string of the molecule is CCN(CC1CC1)c1ccnc(C(C)C)n1. The summed E-state index contributed by atoms with van der Waals surface area (Å²) < 4.78 is 0. The van der Waals surface area contributed by atoms with E-state index in [1.54, 1.807) is 0 Å². The molecule has 1 saturated carbocycles. The zero-order chi connectivity index (χ0) is 11.5. The monoisotopic (exact) mass is 219 g/mol. The quantitative estimate of drug-likeness (QED) is 0.762. The molecule has 16 heavy (non-hydrogen) atoms. The number of anilines is 1. The summed E-state index contributed by atoms with van der Waals surface area (Å²) in [6, 6.07) is 2.03. The van der Waals surface area contributed by atoms with Crippen LogP contribution >= 0.6 is 0 Å². The van der Waals surface area contributed by atoms with Crippen molar-refractivity contribution in [1.82, 2.24) is 9.97 Å². The van der Waals surface area contributed by atoms with Crippen molar-refractivity contribution in [3.05, 3.63) is 18.1 Å². The fourth-order valence-electron chi connectivity index (χ4n) is 1.81. The summed E-state index contributed by atoms with van der Waals surface area (Å²) in [6.07, 6.45) is 4.66. The van der Waals surface area contributed by atoms with Gasteiger partial charge < -0.3 is 4.90 Å². The summed E-state index contributed by atoms with van der Waals surface area (Å²) in [5.41, 5.74) is 0. The highest BCUT2D eigenvalue weighted by Crippen LogP contribution is 2.30. The Kier molecular flexibility index (Phi) is 3.42. The van der Waals surface area contributed by atoms with E-state index in [4.69, 9.17) is 0 Å². The lowest BCUT2D eigenvalue weighted by atomic mass is 10.2. The van der Waals surface area contributed by atoms with Crippen LogP contribution in [-0.4, -0.2) is 23.1 Å². The zero-order valence-corrected chi connectivity index (χ0v) is 10.5. The smallest absolute Gasteiger partial charge is 0.133 e. The Balaban J connectivity index is 2.12. The van der Waals surface area contributed by atoms with Gasteiger partial charge in [0, 0.05) is 25.2 Å². The molecular weight excluding hydrogens is 198 g/mol. The highest BCUT2D eigenvalue weighted by atomic mass is 15.2. The molecule has 0 amide bonds. The van der Waals surface area contributed by atoms with Crippen molar-refractivity contribution in [2.75, 3.05) is 18.0 Å². The zero-order valence-electron chi connectivity index (χ0n) is 10.5. The normalized spacial score (nSPS) is 15.5. The molecule has 0 aromatic carbocycles. The molecule has 0 N–H and O–H groups in total. The lowest BCUT2D eigenvalue weighted by Crippen LogP contribution is -2.26. The minimum absolute atomic E-state index is 0.402. The number of hydrogen-bond acceptors (Lipinski definition) is 3. The molecule has 3 nitrogen and oxygen atoms in total. The van der Waals surface area contributed by atoms with Crippen molar-refractivity contribution in [1.29, 1.82) is 0 Å². The maximum absolute atomic E-state index is 4.64. The largest absolute Gasteiger partial charge is 0.357 e. The second-order valence-electron chi connectivity index (χ2n) is 4.91. The van der Waals surface area contributed by atoms with Crippen LogP contribution in [0.4, 0.5) is 5.82 Å². The third-order valence-corrected chi connectivity index (χ3v) is 3.06. The molecule has 2 rings (SSSR count). The van der Waals surface area contributed by atoms with Gasteiger partial charge in [0.15, 0.2) is 0 Å². The molecule has 1 aromatic rings. The van der Waals surface area contributed by atoms with E-state index in [1.807, 2.05) is 12.3 Å². The van der Waals surface area contributed by atoms with E-state index in [2.05, 4.69) is 35.6 Å². The molecule has 0 spiro atoms. The molecule has 0 unspecified atom stereocenters. The second-order valence-corrected chi connectivity index (χ2v) is 4.91. The van der Waals surface area contributed by atoms with Gasteiger partial charge in [0.1, 0.15) is 11.6 Å². The lowest BCUT2D eigenvalue weighted by molar-refractivity contribution is 0.712. The Hall–Kier alpha value is -1.12. The first-order valence-corrected chi connectivity index (χ1v) is 6.28. The van der Waals surface area contributed by atoms with E-state index >= 15 is 0 Å².